The van der Waals surface area contributed by atoms with E-state index in [1.807, 2.05) is 67.9 Å². The van der Waals surface area contributed by atoms with Crippen LogP contribution in [0.3, 0.4) is 0 Å². The van der Waals surface area contributed by atoms with Crippen LogP contribution in [0.15, 0.2) is 61.3 Å². The molecule has 0 spiro atoms. The number of nitrogens with two attached hydrogens (primary N) is 1. The third-order valence-electron chi connectivity index (χ3n) is 6.20. The minimum Gasteiger partial charge on any atom is -0.367 e. The number of anilines is 1. The highest BCUT2D eigenvalue weighted by Gasteiger charge is 2.35. The minimum atomic E-state index is -0.541. The van der Waals surface area contributed by atoms with Crippen molar-refractivity contribution in [2.75, 3.05) is 18.4 Å². The Morgan fingerprint density at radius 3 is 2.72 bits per heavy atom. The van der Waals surface area contributed by atoms with Gasteiger partial charge in [-0.1, -0.05) is 12.1 Å². The molecule has 0 saturated carbocycles. The van der Waals surface area contributed by atoms with E-state index in [-0.39, 0.29) is 24.3 Å². The molecule has 10 heteroatoms. The van der Waals surface area contributed by atoms with Crippen LogP contribution >= 0.6 is 0 Å². The van der Waals surface area contributed by atoms with Crippen LogP contribution in [0, 0.1) is 5.41 Å². The molecular weight excluding hydrogens is 458 g/mol. The Morgan fingerprint density at radius 1 is 1.17 bits per heavy atom. The van der Waals surface area contributed by atoms with E-state index in [2.05, 4.69) is 15.3 Å². The maximum Gasteiger partial charge on any atom is 0.330 e. The van der Waals surface area contributed by atoms with Crippen molar-refractivity contribution < 1.29 is 14.4 Å². The number of hydrogen-bond donors (Lipinski definition) is 2. The Kier molecular flexibility index (Phi) is 6.07. The van der Waals surface area contributed by atoms with Gasteiger partial charge in [-0.25, -0.2) is 14.8 Å². The number of carbonyl (C=O) groups is 2. The maximum atomic E-state index is 13.0. The number of aromatic nitrogens is 4. The standard InChI is InChI=1S/C26H29N7O3/c1-26(2,3)25(35)36-32-13-18(14-32)21-15-31(16-29-21)19-8-7-17(11-27)20(10-19)30-24(34)22-12-28-23-6-4-5-9-33(22)23/h4-10,12,15-16,18H,11,13-14,27H2,1-3H3,(H,30,34). The molecule has 0 aliphatic carbocycles. The zero-order valence-electron chi connectivity index (χ0n) is 20.5. The highest BCUT2D eigenvalue weighted by Crippen LogP contribution is 2.29. The molecule has 3 N–H and O–H groups in total. The summed E-state index contributed by atoms with van der Waals surface area (Å²) in [5.74, 6) is -0.340. The Hall–Kier alpha value is -4.02. The summed E-state index contributed by atoms with van der Waals surface area (Å²) in [4.78, 5) is 39.4. The molecule has 0 radical (unpaired) electrons. The summed E-state index contributed by atoms with van der Waals surface area (Å²) in [5, 5.41) is 4.65. The topological polar surface area (TPSA) is 120 Å². The van der Waals surface area contributed by atoms with Crippen molar-refractivity contribution in [1.29, 1.82) is 0 Å². The lowest BCUT2D eigenvalue weighted by atomic mass is 9.97. The summed E-state index contributed by atoms with van der Waals surface area (Å²) in [6, 6.07) is 11.3. The van der Waals surface area contributed by atoms with Gasteiger partial charge in [0, 0.05) is 49.3 Å². The number of carbonyl (C=O) groups excluding carboxylic acids is 2. The second kappa shape index (κ2) is 9.21. The average molecular weight is 488 g/mol. The zero-order valence-corrected chi connectivity index (χ0v) is 20.5. The lowest BCUT2D eigenvalue weighted by Crippen LogP contribution is -2.47. The molecule has 1 amide bonds. The van der Waals surface area contributed by atoms with Crippen molar-refractivity contribution in [3.63, 3.8) is 0 Å². The number of benzene rings is 1. The van der Waals surface area contributed by atoms with Crippen LogP contribution < -0.4 is 11.1 Å². The largest absolute Gasteiger partial charge is 0.367 e. The summed E-state index contributed by atoms with van der Waals surface area (Å²) in [7, 11) is 0. The lowest BCUT2D eigenvalue weighted by molar-refractivity contribution is -0.221. The van der Waals surface area contributed by atoms with E-state index in [0.717, 1.165) is 16.9 Å². The maximum absolute atomic E-state index is 13.0. The number of pyridine rings is 1. The van der Waals surface area contributed by atoms with E-state index in [1.54, 1.807) is 28.2 Å². The first-order chi connectivity index (χ1) is 17.2. The predicted octanol–water partition coefficient (Wildman–Crippen LogP) is 3.13. The molecule has 10 nitrogen and oxygen atoms in total. The molecule has 0 bridgehead atoms. The van der Waals surface area contributed by atoms with Gasteiger partial charge >= 0.3 is 5.97 Å². The first-order valence-corrected chi connectivity index (χ1v) is 11.8. The van der Waals surface area contributed by atoms with Crippen LogP contribution in [-0.4, -0.2) is 49.0 Å². The van der Waals surface area contributed by atoms with E-state index in [4.69, 9.17) is 10.6 Å². The molecule has 0 atom stereocenters. The minimum absolute atomic E-state index is 0.177. The van der Waals surface area contributed by atoms with Gasteiger partial charge in [0.2, 0.25) is 0 Å². The third-order valence-corrected chi connectivity index (χ3v) is 6.20. The van der Waals surface area contributed by atoms with Crippen molar-refractivity contribution in [3.8, 4) is 5.69 Å². The van der Waals surface area contributed by atoms with Crippen molar-refractivity contribution in [1.82, 2.24) is 24.0 Å². The van der Waals surface area contributed by atoms with Crippen LogP contribution in [0.25, 0.3) is 11.3 Å². The number of nitrogens with one attached hydrogen (secondary N) is 1. The summed E-state index contributed by atoms with van der Waals surface area (Å²) in [6.45, 7) is 6.98. The van der Waals surface area contributed by atoms with Crippen molar-refractivity contribution in [2.24, 2.45) is 11.1 Å². The third kappa shape index (κ3) is 4.60. The van der Waals surface area contributed by atoms with Crippen LogP contribution in [0.2, 0.25) is 0 Å². The fourth-order valence-corrected chi connectivity index (χ4v) is 3.95. The number of imidazole rings is 2. The second-order valence-corrected chi connectivity index (χ2v) is 9.95. The molecule has 5 rings (SSSR count). The first kappa shape index (κ1) is 23.7. The Balaban J connectivity index is 1.30. The highest BCUT2D eigenvalue weighted by atomic mass is 16.7. The molecule has 1 aliphatic heterocycles. The smallest absolute Gasteiger partial charge is 0.330 e. The fraction of sp³-hybridized carbons (Fsp3) is 0.308. The normalized spacial score (nSPS) is 14.6. The lowest BCUT2D eigenvalue weighted by Gasteiger charge is -2.37. The SMILES string of the molecule is CC(C)(C)C(=O)ON1CC(c2cn(-c3ccc(CN)c(NC(=O)c4cnc5ccccn45)c3)cn2)C1. The van der Waals surface area contributed by atoms with Gasteiger partial charge in [-0.05, 0) is 50.6 Å². The Morgan fingerprint density at radius 2 is 1.97 bits per heavy atom. The van der Waals surface area contributed by atoms with E-state index in [1.165, 1.54) is 0 Å². The van der Waals surface area contributed by atoms with E-state index in [0.29, 0.717) is 30.1 Å². The van der Waals surface area contributed by atoms with E-state index >= 15 is 0 Å². The zero-order chi connectivity index (χ0) is 25.4. The van der Waals surface area contributed by atoms with Crippen LogP contribution in [-0.2, 0) is 16.2 Å². The van der Waals surface area contributed by atoms with Gasteiger partial charge in [-0.2, -0.15) is 0 Å². The number of hydroxylamine groups is 2. The van der Waals surface area contributed by atoms with E-state index in [9.17, 15) is 9.59 Å². The molecule has 1 aliphatic rings. The molecule has 4 heterocycles. The Labute approximate surface area is 208 Å². The average Bonchev–Trinajstić information content (AvgIpc) is 3.48. The molecule has 0 unspecified atom stereocenters. The van der Waals surface area contributed by atoms with Crippen molar-refractivity contribution in [2.45, 2.75) is 33.2 Å². The molecular formula is C26H29N7O3. The monoisotopic (exact) mass is 487 g/mol. The number of amides is 1. The molecule has 1 fully saturated rings. The van der Waals surface area contributed by atoms with Gasteiger partial charge in [0.05, 0.1) is 23.6 Å². The molecule has 36 heavy (non-hydrogen) atoms. The molecule has 4 aromatic rings. The van der Waals surface area contributed by atoms with Gasteiger partial charge in [-0.15, -0.1) is 5.06 Å². The summed E-state index contributed by atoms with van der Waals surface area (Å²) in [6.07, 6.45) is 7.06. The van der Waals surface area contributed by atoms with Gasteiger partial charge in [0.25, 0.3) is 5.91 Å². The molecule has 1 aromatic carbocycles. The fourth-order valence-electron chi connectivity index (χ4n) is 3.95. The number of fused-ring (bicyclic) bond motifs is 1. The quantitative estimate of drug-likeness (QED) is 0.429. The highest BCUT2D eigenvalue weighted by molar-refractivity contribution is 6.04. The molecule has 186 valence electrons. The van der Waals surface area contributed by atoms with Crippen LogP contribution in [0.1, 0.15) is 48.4 Å². The molecule has 3 aromatic heterocycles. The predicted molar refractivity (Wildman–Crippen MR) is 134 cm³/mol. The summed E-state index contributed by atoms with van der Waals surface area (Å²) < 4.78 is 3.65. The number of hydrogen-bond acceptors (Lipinski definition) is 7. The first-order valence-electron chi connectivity index (χ1n) is 11.8. The van der Waals surface area contributed by atoms with E-state index < -0.39 is 5.41 Å². The summed E-state index contributed by atoms with van der Waals surface area (Å²) >= 11 is 0. The second-order valence-electron chi connectivity index (χ2n) is 9.95. The van der Waals surface area contributed by atoms with Crippen molar-refractivity contribution >= 4 is 23.2 Å². The van der Waals surface area contributed by atoms with Gasteiger partial charge in [0.15, 0.2) is 0 Å². The van der Waals surface area contributed by atoms with Crippen molar-refractivity contribution in [3.05, 3.63) is 78.3 Å². The van der Waals surface area contributed by atoms with Gasteiger partial charge in [-0.3, -0.25) is 9.20 Å². The Bertz CT molecular complexity index is 1430. The number of nitrogens with zero attached hydrogens (tertiary/aromatic N) is 5. The van der Waals surface area contributed by atoms with Gasteiger partial charge in [0.1, 0.15) is 11.3 Å². The van der Waals surface area contributed by atoms with Crippen LogP contribution in [0.5, 0.6) is 0 Å². The van der Waals surface area contributed by atoms with Crippen LogP contribution in [0.4, 0.5) is 5.69 Å². The molecule has 1 saturated heterocycles. The number of rotatable bonds is 6. The van der Waals surface area contributed by atoms with Gasteiger partial charge < -0.3 is 20.5 Å². The summed E-state index contributed by atoms with van der Waals surface area (Å²) in [5.41, 5.74) is 9.73.